The molecule has 4 fully saturated rings. The molecule has 1 saturated heterocycles. The molecule has 0 aromatic rings. The van der Waals surface area contributed by atoms with Crippen molar-refractivity contribution < 1.29 is 30.0 Å². The molecule has 0 radical (unpaired) electrons. The summed E-state index contributed by atoms with van der Waals surface area (Å²) in [5.41, 5.74) is -2.66. The van der Waals surface area contributed by atoms with Gasteiger partial charge in [-0.25, -0.2) is 0 Å². The fourth-order valence-electron chi connectivity index (χ4n) is 9.06. The summed E-state index contributed by atoms with van der Waals surface area (Å²) in [6.45, 7) is 10.7. The monoisotopic (exact) mass is 476 g/mol. The fourth-order valence-corrected chi connectivity index (χ4v) is 9.06. The normalized spacial score (nSPS) is 53.4. The Morgan fingerprint density at radius 3 is 2.47 bits per heavy atom. The van der Waals surface area contributed by atoms with Crippen LogP contribution >= 0.6 is 0 Å². The smallest absolute Gasteiger partial charge is 0.159 e. The SMILES string of the molecule is C[C@H]1[C@H]([C@@H](O)[C@@](C)(O)[C@H]2CC[C@@]3(O)C4=CC(=O)[C@@H]5C[C@@H](O)CC[C@]5(C)[C@H]4CC[C@]23C)OC[C@@H]1C. The summed E-state index contributed by atoms with van der Waals surface area (Å²) in [5, 5.41) is 45.7. The topological polar surface area (TPSA) is 107 Å². The lowest BCUT2D eigenvalue weighted by atomic mass is 9.46. The first kappa shape index (κ1) is 24.9. The summed E-state index contributed by atoms with van der Waals surface area (Å²) < 4.78 is 5.91. The molecule has 0 amide bonds. The molecule has 4 aliphatic carbocycles. The van der Waals surface area contributed by atoms with E-state index in [1.807, 2.05) is 6.92 Å². The van der Waals surface area contributed by atoms with E-state index in [0.717, 1.165) is 24.8 Å². The average molecular weight is 477 g/mol. The Morgan fingerprint density at radius 2 is 1.82 bits per heavy atom. The first-order valence-electron chi connectivity index (χ1n) is 13.5. The van der Waals surface area contributed by atoms with Crippen LogP contribution in [0, 0.1) is 40.4 Å². The van der Waals surface area contributed by atoms with Gasteiger partial charge in [0, 0.05) is 17.9 Å². The van der Waals surface area contributed by atoms with Gasteiger partial charge in [-0.3, -0.25) is 4.79 Å². The van der Waals surface area contributed by atoms with Crippen LogP contribution < -0.4 is 0 Å². The highest BCUT2D eigenvalue weighted by Crippen LogP contribution is 2.68. The Kier molecular flexibility index (Phi) is 5.75. The standard InChI is InChI=1S/C28H44O6/c1-15-14-34-23(16(15)2)24(31)27(5,32)22-8-11-28(33)19-13-21(30)20-12-17(29)6-9-25(20,3)18(19)7-10-26(22,28)4/h13,15-18,20,22-24,29,31-33H,6-12,14H2,1-5H3/t15-,16+,17-,18-,20-,22-,23+,24+,25+,26+,27-,28+/m0/s1. The predicted molar refractivity (Wildman–Crippen MR) is 128 cm³/mol. The van der Waals surface area contributed by atoms with Crippen LogP contribution in [0.25, 0.3) is 0 Å². The molecule has 0 aromatic heterocycles. The van der Waals surface area contributed by atoms with Gasteiger partial charge in [0.05, 0.1) is 23.4 Å². The van der Waals surface area contributed by atoms with Crippen molar-refractivity contribution in [2.45, 2.75) is 109 Å². The minimum absolute atomic E-state index is 0.0302. The number of ketones is 1. The molecule has 6 nitrogen and oxygen atoms in total. The highest BCUT2D eigenvalue weighted by Gasteiger charge is 2.69. The highest BCUT2D eigenvalue weighted by atomic mass is 16.5. The van der Waals surface area contributed by atoms with E-state index >= 15 is 0 Å². The van der Waals surface area contributed by atoms with Crippen molar-refractivity contribution in [3.05, 3.63) is 11.6 Å². The van der Waals surface area contributed by atoms with E-state index in [2.05, 4.69) is 20.8 Å². The molecule has 5 rings (SSSR count). The summed E-state index contributed by atoms with van der Waals surface area (Å²) in [5.74, 6) is 0.0899. The van der Waals surface area contributed by atoms with Gasteiger partial charge in [-0.15, -0.1) is 0 Å². The van der Waals surface area contributed by atoms with Gasteiger partial charge >= 0.3 is 0 Å². The number of carbonyl (C=O) groups is 1. The van der Waals surface area contributed by atoms with Crippen LogP contribution in [-0.2, 0) is 9.53 Å². The molecule has 0 spiro atoms. The van der Waals surface area contributed by atoms with Crippen LogP contribution in [0.3, 0.4) is 0 Å². The minimum Gasteiger partial charge on any atom is -0.393 e. The summed E-state index contributed by atoms with van der Waals surface area (Å²) in [7, 11) is 0. The van der Waals surface area contributed by atoms with Gasteiger partial charge in [0.15, 0.2) is 5.78 Å². The second kappa shape index (κ2) is 7.85. The number of carbonyl (C=O) groups excluding carboxylic acids is 1. The largest absolute Gasteiger partial charge is 0.393 e. The molecule has 3 saturated carbocycles. The maximum absolute atomic E-state index is 13.3. The van der Waals surface area contributed by atoms with Gasteiger partial charge in [0.2, 0.25) is 0 Å². The van der Waals surface area contributed by atoms with E-state index in [9.17, 15) is 25.2 Å². The van der Waals surface area contributed by atoms with E-state index in [4.69, 9.17) is 4.74 Å². The molecule has 34 heavy (non-hydrogen) atoms. The maximum atomic E-state index is 13.3. The van der Waals surface area contributed by atoms with E-state index in [1.54, 1.807) is 13.0 Å². The van der Waals surface area contributed by atoms with Crippen LogP contribution in [0.5, 0.6) is 0 Å². The summed E-state index contributed by atoms with van der Waals surface area (Å²) in [4.78, 5) is 13.3. The number of aliphatic hydroxyl groups is 4. The number of ether oxygens (including phenoxy) is 1. The lowest BCUT2D eigenvalue weighted by Crippen LogP contribution is -2.63. The van der Waals surface area contributed by atoms with E-state index < -0.39 is 34.9 Å². The first-order chi connectivity index (χ1) is 15.8. The number of allylic oxidation sites excluding steroid dienone is 1. The van der Waals surface area contributed by atoms with Crippen molar-refractivity contribution in [3.8, 4) is 0 Å². The van der Waals surface area contributed by atoms with Crippen molar-refractivity contribution in [1.82, 2.24) is 0 Å². The summed E-state index contributed by atoms with van der Waals surface area (Å²) in [6.07, 6.45) is 4.43. The Labute approximate surface area is 203 Å². The van der Waals surface area contributed by atoms with Gasteiger partial charge in [-0.2, -0.15) is 0 Å². The van der Waals surface area contributed by atoms with Gasteiger partial charge < -0.3 is 25.2 Å². The molecule has 0 bridgehead atoms. The van der Waals surface area contributed by atoms with E-state index in [0.29, 0.717) is 38.2 Å². The Balaban J connectivity index is 1.48. The number of hydrogen-bond acceptors (Lipinski definition) is 6. The molecule has 4 N–H and O–H groups in total. The zero-order chi connectivity index (χ0) is 24.8. The number of rotatable bonds is 3. The number of fused-ring (bicyclic) bond motifs is 5. The molecule has 0 unspecified atom stereocenters. The second-order valence-electron chi connectivity index (χ2n) is 13.3. The molecule has 0 aromatic carbocycles. The average Bonchev–Trinajstić information content (AvgIpc) is 3.25. The Bertz CT molecular complexity index is 882. The summed E-state index contributed by atoms with van der Waals surface area (Å²) >= 11 is 0. The van der Waals surface area contributed by atoms with Crippen molar-refractivity contribution in [1.29, 1.82) is 0 Å². The van der Waals surface area contributed by atoms with E-state index in [-0.39, 0.29) is 34.9 Å². The third kappa shape index (κ3) is 3.14. The van der Waals surface area contributed by atoms with Gasteiger partial charge in [0.25, 0.3) is 0 Å². The second-order valence-corrected chi connectivity index (χ2v) is 13.3. The van der Waals surface area contributed by atoms with Gasteiger partial charge in [-0.1, -0.05) is 27.7 Å². The third-order valence-corrected chi connectivity index (χ3v) is 11.7. The van der Waals surface area contributed by atoms with Crippen LogP contribution in [0.1, 0.15) is 79.6 Å². The number of aliphatic hydroxyl groups excluding tert-OH is 2. The van der Waals surface area contributed by atoms with Crippen LogP contribution in [0.2, 0.25) is 0 Å². The molecule has 5 aliphatic rings. The highest BCUT2D eigenvalue weighted by molar-refractivity contribution is 5.95. The maximum Gasteiger partial charge on any atom is 0.159 e. The van der Waals surface area contributed by atoms with Crippen molar-refractivity contribution in [2.75, 3.05) is 6.61 Å². The molecular formula is C28H44O6. The molecule has 12 atom stereocenters. The zero-order valence-electron chi connectivity index (χ0n) is 21.5. The van der Waals surface area contributed by atoms with Crippen LogP contribution in [-0.4, -0.2) is 62.3 Å². The summed E-state index contributed by atoms with van der Waals surface area (Å²) in [6, 6.07) is 0. The lowest BCUT2D eigenvalue weighted by Gasteiger charge is -2.60. The van der Waals surface area contributed by atoms with Crippen LogP contribution in [0.4, 0.5) is 0 Å². The zero-order valence-corrected chi connectivity index (χ0v) is 21.5. The fraction of sp³-hybridized carbons (Fsp3) is 0.893. The number of hydrogen-bond donors (Lipinski definition) is 4. The first-order valence-corrected chi connectivity index (χ1v) is 13.5. The van der Waals surface area contributed by atoms with Crippen molar-refractivity contribution in [3.63, 3.8) is 0 Å². The molecule has 6 heteroatoms. The van der Waals surface area contributed by atoms with Crippen molar-refractivity contribution >= 4 is 5.78 Å². The minimum atomic E-state index is -1.42. The Hall–Kier alpha value is -0.790. The molecule has 1 aliphatic heterocycles. The van der Waals surface area contributed by atoms with Gasteiger partial charge in [-0.05, 0) is 92.6 Å². The molecule has 1 heterocycles. The third-order valence-electron chi connectivity index (χ3n) is 11.7. The Morgan fingerprint density at radius 1 is 1.12 bits per heavy atom. The molecular weight excluding hydrogens is 432 g/mol. The van der Waals surface area contributed by atoms with Crippen molar-refractivity contribution in [2.24, 2.45) is 40.4 Å². The lowest BCUT2D eigenvalue weighted by molar-refractivity contribution is -0.193. The van der Waals surface area contributed by atoms with Crippen LogP contribution in [0.15, 0.2) is 11.6 Å². The molecule has 192 valence electrons. The predicted octanol–water partition coefficient (Wildman–Crippen LogP) is 3.00. The quantitative estimate of drug-likeness (QED) is 0.499. The van der Waals surface area contributed by atoms with Gasteiger partial charge in [0.1, 0.15) is 6.10 Å². The van der Waals surface area contributed by atoms with E-state index in [1.165, 1.54) is 0 Å².